The molecule has 3 aromatic carbocycles. The largest absolute Gasteiger partial charge is 0.497 e. The number of benzene rings is 3. The monoisotopic (exact) mass is 555 g/mol. The average Bonchev–Trinajstić information content (AvgIpc) is 3.49. The molecule has 9 heteroatoms. The molecule has 0 bridgehead atoms. The van der Waals surface area contributed by atoms with Crippen LogP contribution in [0.5, 0.6) is 11.5 Å². The Labute approximate surface area is 237 Å². The molecule has 0 spiro atoms. The lowest BCUT2D eigenvalue weighted by Gasteiger charge is -2.36. The lowest BCUT2D eigenvalue weighted by atomic mass is 10.1. The predicted molar refractivity (Wildman–Crippen MR) is 156 cm³/mol. The number of methoxy groups -OCH3 is 2. The molecule has 1 aliphatic rings. The summed E-state index contributed by atoms with van der Waals surface area (Å²) in [4.78, 5) is 29.6. The fraction of sp³-hybridized carbons (Fsp3) is 0.188. The van der Waals surface area contributed by atoms with Crippen molar-refractivity contribution in [1.29, 1.82) is 0 Å². The summed E-state index contributed by atoms with van der Waals surface area (Å²) in [5, 5.41) is 2.84. The molecule has 2 amide bonds. The first kappa shape index (κ1) is 27.5. The Balaban J connectivity index is 1.13. The highest BCUT2D eigenvalue weighted by Crippen LogP contribution is 2.26. The minimum Gasteiger partial charge on any atom is -0.497 e. The number of nitrogens with one attached hydrogen (secondary N) is 1. The molecule has 4 aromatic rings. The summed E-state index contributed by atoms with van der Waals surface area (Å²) in [7, 11) is 3.12. The van der Waals surface area contributed by atoms with E-state index in [1.165, 1.54) is 18.2 Å². The summed E-state index contributed by atoms with van der Waals surface area (Å²) in [5.41, 5.74) is 2.96. The Kier molecular flexibility index (Phi) is 8.34. The molecule has 0 radical (unpaired) electrons. The van der Waals surface area contributed by atoms with Crippen molar-refractivity contribution in [2.75, 3.05) is 50.6 Å². The number of carbonyl (C=O) groups is 2. The van der Waals surface area contributed by atoms with Crippen molar-refractivity contribution in [3.05, 3.63) is 102 Å². The lowest BCUT2D eigenvalue weighted by Crippen LogP contribution is -2.48. The number of hydrogen-bond donors (Lipinski definition) is 1. The molecule has 5 rings (SSSR count). The van der Waals surface area contributed by atoms with Gasteiger partial charge in [0.1, 0.15) is 28.8 Å². The molecule has 1 fully saturated rings. The van der Waals surface area contributed by atoms with E-state index in [4.69, 9.17) is 13.9 Å². The van der Waals surface area contributed by atoms with E-state index < -0.39 is 0 Å². The second kappa shape index (κ2) is 12.4. The van der Waals surface area contributed by atoms with Crippen molar-refractivity contribution in [1.82, 2.24) is 4.90 Å². The maximum absolute atomic E-state index is 13.1. The van der Waals surface area contributed by atoms with Crippen molar-refractivity contribution >= 4 is 29.3 Å². The van der Waals surface area contributed by atoms with E-state index in [0.717, 1.165) is 11.3 Å². The fourth-order valence-electron chi connectivity index (χ4n) is 4.59. The molecule has 210 valence electrons. The number of hydrogen-bond acceptors (Lipinski definition) is 6. The number of rotatable bonds is 8. The van der Waals surface area contributed by atoms with E-state index in [1.807, 2.05) is 29.2 Å². The number of carbonyl (C=O) groups excluding carboxylic acids is 2. The first-order valence-corrected chi connectivity index (χ1v) is 13.1. The van der Waals surface area contributed by atoms with E-state index in [-0.39, 0.29) is 17.6 Å². The molecule has 0 aliphatic carbocycles. The first-order chi connectivity index (χ1) is 19.9. The normalized spacial score (nSPS) is 13.3. The second-order valence-electron chi connectivity index (χ2n) is 9.46. The van der Waals surface area contributed by atoms with Gasteiger partial charge in [-0.2, -0.15) is 0 Å². The van der Waals surface area contributed by atoms with E-state index in [1.54, 1.807) is 62.8 Å². The molecular formula is C32H30FN3O5. The van der Waals surface area contributed by atoms with Gasteiger partial charge in [0, 0.05) is 60.8 Å². The smallest absolute Gasteiger partial charge is 0.254 e. The van der Waals surface area contributed by atoms with E-state index in [2.05, 4.69) is 10.2 Å². The van der Waals surface area contributed by atoms with Gasteiger partial charge in [-0.3, -0.25) is 9.59 Å². The maximum atomic E-state index is 13.1. The van der Waals surface area contributed by atoms with Crippen LogP contribution in [0.25, 0.3) is 17.4 Å². The third kappa shape index (κ3) is 6.75. The van der Waals surface area contributed by atoms with Gasteiger partial charge >= 0.3 is 0 Å². The van der Waals surface area contributed by atoms with Crippen LogP contribution in [0.4, 0.5) is 15.8 Å². The van der Waals surface area contributed by atoms with Gasteiger partial charge in [0.2, 0.25) is 5.91 Å². The van der Waals surface area contributed by atoms with Crippen molar-refractivity contribution in [3.63, 3.8) is 0 Å². The van der Waals surface area contributed by atoms with Gasteiger partial charge in [-0.1, -0.05) is 0 Å². The lowest BCUT2D eigenvalue weighted by molar-refractivity contribution is -0.111. The topological polar surface area (TPSA) is 84.3 Å². The molecule has 1 saturated heterocycles. The maximum Gasteiger partial charge on any atom is 0.254 e. The molecule has 1 aromatic heterocycles. The quantitative estimate of drug-likeness (QED) is 0.280. The Hall–Kier alpha value is -5.05. The Morgan fingerprint density at radius 3 is 2.15 bits per heavy atom. The van der Waals surface area contributed by atoms with Crippen LogP contribution >= 0.6 is 0 Å². The van der Waals surface area contributed by atoms with Crippen LogP contribution in [-0.2, 0) is 4.79 Å². The van der Waals surface area contributed by atoms with Gasteiger partial charge in [0.25, 0.3) is 5.91 Å². The molecule has 0 saturated carbocycles. The SMILES string of the molecule is COc1cc(OC)cc(C(=O)N2CCN(c3ccc(NC(=O)/C=C/c4ccc(-c5ccc(F)cc5)o4)cc3)CC2)c1. The highest BCUT2D eigenvalue weighted by atomic mass is 19.1. The van der Waals surface area contributed by atoms with Gasteiger partial charge in [-0.25, -0.2) is 4.39 Å². The zero-order valence-electron chi connectivity index (χ0n) is 22.8. The molecule has 0 atom stereocenters. The third-order valence-corrected chi connectivity index (χ3v) is 6.82. The number of anilines is 2. The molecular weight excluding hydrogens is 525 g/mol. The highest BCUT2D eigenvalue weighted by Gasteiger charge is 2.23. The standard InChI is InChI=1S/C32H30FN3O5/c1-39-28-19-23(20-29(21-28)40-2)32(38)36-17-15-35(16-18-36)26-9-7-25(8-10-26)34-31(37)14-12-27-11-13-30(41-27)22-3-5-24(33)6-4-22/h3-14,19-21H,15-18H2,1-2H3,(H,34,37)/b14-12+. The Morgan fingerprint density at radius 1 is 0.854 bits per heavy atom. The van der Waals surface area contributed by atoms with E-state index in [9.17, 15) is 14.0 Å². The number of furan rings is 1. The van der Waals surface area contributed by atoms with Gasteiger partial charge in [0.15, 0.2) is 0 Å². The predicted octanol–water partition coefficient (Wildman–Crippen LogP) is 5.72. The average molecular weight is 556 g/mol. The van der Waals surface area contributed by atoms with Gasteiger partial charge in [0.05, 0.1) is 14.2 Å². The number of amides is 2. The zero-order chi connectivity index (χ0) is 28.8. The van der Waals surface area contributed by atoms with Crippen LogP contribution in [0.3, 0.4) is 0 Å². The Bertz CT molecular complexity index is 1520. The summed E-state index contributed by atoms with van der Waals surface area (Å²) in [6.45, 7) is 2.53. The first-order valence-electron chi connectivity index (χ1n) is 13.1. The number of halogens is 1. The summed E-state index contributed by atoms with van der Waals surface area (Å²) in [6.07, 6.45) is 2.98. The van der Waals surface area contributed by atoms with Crippen LogP contribution in [0.15, 0.2) is 89.4 Å². The number of piperazine rings is 1. The summed E-state index contributed by atoms with van der Waals surface area (Å²) in [5.74, 6) is 1.58. The van der Waals surface area contributed by atoms with Gasteiger partial charge in [-0.05, 0) is 78.9 Å². The number of ether oxygens (including phenoxy) is 2. The van der Waals surface area contributed by atoms with E-state index in [0.29, 0.717) is 60.4 Å². The molecule has 0 unspecified atom stereocenters. The van der Waals surface area contributed by atoms with Crippen molar-refractivity contribution in [2.45, 2.75) is 0 Å². The minimum atomic E-state index is -0.314. The minimum absolute atomic E-state index is 0.0609. The second-order valence-corrected chi connectivity index (χ2v) is 9.46. The Morgan fingerprint density at radius 2 is 1.51 bits per heavy atom. The van der Waals surface area contributed by atoms with Crippen LogP contribution in [0.1, 0.15) is 16.1 Å². The van der Waals surface area contributed by atoms with Crippen molar-refractivity contribution in [3.8, 4) is 22.8 Å². The van der Waals surface area contributed by atoms with Crippen LogP contribution in [0.2, 0.25) is 0 Å². The van der Waals surface area contributed by atoms with Crippen LogP contribution < -0.4 is 19.7 Å². The highest BCUT2D eigenvalue weighted by molar-refractivity contribution is 6.01. The van der Waals surface area contributed by atoms with Crippen LogP contribution in [-0.4, -0.2) is 57.1 Å². The summed E-state index contributed by atoms with van der Waals surface area (Å²) in [6, 6.07) is 22.3. The van der Waals surface area contributed by atoms with Crippen molar-refractivity contribution in [2.24, 2.45) is 0 Å². The van der Waals surface area contributed by atoms with Crippen LogP contribution in [0, 0.1) is 5.82 Å². The van der Waals surface area contributed by atoms with Crippen molar-refractivity contribution < 1.29 is 27.9 Å². The molecule has 41 heavy (non-hydrogen) atoms. The van der Waals surface area contributed by atoms with Gasteiger partial charge < -0.3 is 29.0 Å². The number of nitrogens with zero attached hydrogens (tertiary/aromatic N) is 2. The zero-order valence-corrected chi connectivity index (χ0v) is 22.8. The van der Waals surface area contributed by atoms with E-state index >= 15 is 0 Å². The molecule has 1 aliphatic heterocycles. The summed E-state index contributed by atoms with van der Waals surface area (Å²) < 4.78 is 29.5. The third-order valence-electron chi connectivity index (χ3n) is 6.82. The fourth-order valence-corrected chi connectivity index (χ4v) is 4.59. The van der Waals surface area contributed by atoms with Gasteiger partial charge in [-0.15, -0.1) is 0 Å². The summed E-state index contributed by atoms with van der Waals surface area (Å²) >= 11 is 0. The molecule has 1 N–H and O–H groups in total. The molecule has 2 heterocycles. The molecule has 8 nitrogen and oxygen atoms in total.